The Balaban J connectivity index is 4.44. The molecule has 1 atom stereocenters. The Morgan fingerprint density at radius 2 is 0.600 bits per heavy atom. The fourth-order valence-corrected chi connectivity index (χ4v) is 7.28. The van der Waals surface area contributed by atoms with Crippen LogP contribution in [0.3, 0.4) is 0 Å². The van der Waals surface area contributed by atoms with E-state index in [9.17, 15) is 14.4 Å². The van der Waals surface area contributed by atoms with Crippen LogP contribution in [0, 0.1) is 0 Å². The maximum atomic E-state index is 12.8. The topological polar surface area (TPSA) is 78.9 Å². The van der Waals surface area contributed by atoms with Gasteiger partial charge in [0, 0.05) is 19.3 Å². The summed E-state index contributed by atoms with van der Waals surface area (Å²) >= 11 is 0. The van der Waals surface area contributed by atoms with E-state index in [1.54, 1.807) is 0 Å². The van der Waals surface area contributed by atoms with Crippen LogP contribution in [0.1, 0.15) is 252 Å². The number of esters is 3. The Morgan fingerprint density at radius 1 is 0.323 bits per heavy atom. The van der Waals surface area contributed by atoms with Crippen LogP contribution < -0.4 is 0 Å². The zero-order valence-electron chi connectivity index (χ0n) is 42.5. The lowest BCUT2D eigenvalue weighted by Crippen LogP contribution is -2.30. The van der Waals surface area contributed by atoms with Gasteiger partial charge in [-0.05, 0) is 116 Å². The number of hydrogen-bond acceptors (Lipinski definition) is 6. The van der Waals surface area contributed by atoms with Gasteiger partial charge in [-0.1, -0.05) is 202 Å². The molecule has 0 fully saturated rings. The molecule has 0 rings (SSSR count). The summed E-state index contributed by atoms with van der Waals surface area (Å²) in [4.78, 5) is 38.1. The van der Waals surface area contributed by atoms with Crippen LogP contribution in [0.4, 0.5) is 0 Å². The van der Waals surface area contributed by atoms with Gasteiger partial charge in [-0.15, -0.1) is 0 Å². The first-order valence-corrected chi connectivity index (χ1v) is 27.1. The fraction of sp³-hybridized carbons (Fsp3) is 0.712. The van der Waals surface area contributed by atoms with Crippen LogP contribution in [0.15, 0.2) is 85.1 Å². The van der Waals surface area contributed by atoms with Crippen molar-refractivity contribution in [1.29, 1.82) is 0 Å². The van der Waals surface area contributed by atoms with E-state index in [4.69, 9.17) is 14.2 Å². The Hall–Kier alpha value is -3.41. The van der Waals surface area contributed by atoms with E-state index in [2.05, 4.69) is 106 Å². The van der Waals surface area contributed by atoms with Crippen molar-refractivity contribution >= 4 is 17.9 Å². The Morgan fingerprint density at radius 3 is 0.954 bits per heavy atom. The van der Waals surface area contributed by atoms with Gasteiger partial charge in [0.05, 0.1) is 0 Å². The van der Waals surface area contributed by atoms with Gasteiger partial charge in [0.1, 0.15) is 13.2 Å². The molecule has 0 N–H and O–H groups in total. The van der Waals surface area contributed by atoms with Gasteiger partial charge < -0.3 is 14.2 Å². The Labute approximate surface area is 401 Å². The number of unbranched alkanes of at least 4 members (excludes halogenated alkanes) is 23. The molecule has 0 radical (unpaired) electrons. The number of carbonyl (C=O) groups excluding carboxylic acids is 3. The van der Waals surface area contributed by atoms with Crippen molar-refractivity contribution in [3.05, 3.63) is 85.1 Å². The molecule has 0 aliphatic rings. The van der Waals surface area contributed by atoms with Crippen LogP contribution >= 0.6 is 0 Å². The highest BCUT2D eigenvalue weighted by atomic mass is 16.6. The van der Waals surface area contributed by atoms with Gasteiger partial charge in [-0.3, -0.25) is 14.4 Å². The lowest BCUT2D eigenvalue weighted by Gasteiger charge is -2.18. The lowest BCUT2D eigenvalue weighted by atomic mass is 10.1. The SMILES string of the molecule is CC/C=C\C/C=C\C/C=C\CCCCCC(=O)OCC(COC(=O)CCCCCCCCC/C=C\C/C=C\CCCCC)OC(=O)CCCCCCCCC/C=C\C/C=C\CCCCC. The molecule has 0 bridgehead atoms. The second-order valence-electron chi connectivity index (χ2n) is 17.7. The summed E-state index contributed by atoms with van der Waals surface area (Å²) in [6.07, 6.45) is 68.5. The average molecular weight is 905 g/mol. The summed E-state index contributed by atoms with van der Waals surface area (Å²) in [5.74, 6) is -0.938. The molecule has 0 saturated heterocycles. The minimum absolute atomic E-state index is 0.0938. The molecule has 372 valence electrons. The average Bonchev–Trinajstić information content (AvgIpc) is 3.30. The molecule has 0 amide bonds. The minimum Gasteiger partial charge on any atom is -0.462 e. The molecule has 0 aliphatic carbocycles. The summed E-state index contributed by atoms with van der Waals surface area (Å²) in [6, 6.07) is 0. The van der Waals surface area contributed by atoms with Crippen molar-refractivity contribution in [3.8, 4) is 0 Å². The van der Waals surface area contributed by atoms with Gasteiger partial charge in [0.15, 0.2) is 6.10 Å². The summed E-state index contributed by atoms with van der Waals surface area (Å²) in [5, 5.41) is 0. The molecule has 0 aliphatic heterocycles. The molecule has 6 nitrogen and oxygen atoms in total. The Bertz CT molecular complexity index is 1270. The number of hydrogen-bond donors (Lipinski definition) is 0. The molecule has 0 aromatic rings. The largest absolute Gasteiger partial charge is 0.462 e. The summed E-state index contributed by atoms with van der Waals surface area (Å²) in [5.41, 5.74) is 0. The smallest absolute Gasteiger partial charge is 0.306 e. The molecule has 65 heavy (non-hydrogen) atoms. The molecule has 6 heteroatoms. The summed E-state index contributed by atoms with van der Waals surface area (Å²) in [6.45, 7) is 6.44. The normalized spacial score (nSPS) is 12.7. The summed E-state index contributed by atoms with van der Waals surface area (Å²) in [7, 11) is 0. The molecule has 0 aromatic heterocycles. The fourth-order valence-electron chi connectivity index (χ4n) is 7.28. The predicted molar refractivity (Wildman–Crippen MR) is 279 cm³/mol. The van der Waals surface area contributed by atoms with Gasteiger partial charge in [0.25, 0.3) is 0 Å². The number of carbonyl (C=O) groups is 3. The van der Waals surface area contributed by atoms with Gasteiger partial charge in [-0.25, -0.2) is 0 Å². The monoisotopic (exact) mass is 905 g/mol. The zero-order valence-corrected chi connectivity index (χ0v) is 42.5. The van der Waals surface area contributed by atoms with E-state index in [1.165, 1.54) is 103 Å². The highest BCUT2D eigenvalue weighted by Gasteiger charge is 2.19. The molecule has 1 unspecified atom stereocenters. The van der Waals surface area contributed by atoms with E-state index in [0.29, 0.717) is 19.3 Å². The number of ether oxygens (including phenoxy) is 3. The van der Waals surface area contributed by atoms with E-state index >= 15 is 0 Å². The zero-order chi connectivity index (χ0) is 47.2. The van der Waals surface area contributed by atoms with Crippen molar-refractivity contribution in [2.24, 2.45) is 0 Å². The van der Waals surface area contributed by atoms with Crippen LogP contribution in [0.5, 0.6) is 0 Å². The third-order valence-corrected chi connectivity index (χ3v) is 11.4. The second-order valence-corrected chi connectivity index (χ2v) is 17.7. The molecular weight excluding hydrogens is 805 g/mol. The Kier molecular flexibility index (Phi) is 50.4. The van der Waals surface area contributed by atoms with Crippen LogP contribution in [-0.2, 0) is 28.6 Å². The van der Waals surface area contributed by atoms with Gasteiger partial charge in [-0.2, -0.15) is 0 Å². The molecule has 0 heterocycles. The second kappa shape index (κ2) is 53.2. The van der Waals surface area contributed by atoms with Crippen LogP contribution in [-0.4, -0.2) is 37.2 Å². The highest BCUT2D eigenvalue weighted by molar-refractivity contribution is 5.71. The quantitative estimate of drug-likeness (QED) is 0.0262. The lowest BCUT2D eigenvalue weighted by molar-refractivity contribution is -0.167. The van der Waals surface area contributed by atoms with E-state index in [0.717, 1.165) is 109 Å². The van der Waals surface area contributed by atoms with E-state index in [1.807, 2.05) is 0 Å². The van der Waals surface area contributed by atoms with Crippen molar-refractivity contribution in [2.45, 2.75) is 258 Å². The highest BCUT2D eigenvalue weighted by Crippen LogP contribution is 2.14. The van der Waals surface area contributed by atoms with Crippen molar-refractivity contribution < 1.29 is 28.6 Å². The number of allylic oxidation sites excluding steroid dienone is 14. The summed E-state index contributed by atoms with van der Waals surface area (Å²) < 4.78 is 16.8. The first kappa shape index (κ1) is 61.6. The third kappa shape index (κ3) is 51.4. The number of rotatable bonds is 48. The van der Waals surface area contributed by atoms with Gasteiger partial charge in [0.2, 0.25) is 0 Å². The van der Waals surface area contributed by atoms with E-state index < -0.39 is 6.10 Å². The third-order valence-electron chi connectivity index (χ3n) is 11.4. The first-order valence-electron chi connectivity index (χ1n) is 27.1. The molecule has 0 spiro atoms. The van der Waals surface area contributed by atoms with Gasteiger partial charge >= 0.3 is 17.9 Å². The minimum atomic E-state index is -0.796. The predicted octanol–water partition coefficient (Wildman–Crippen LogP) is 18.0. The van der Waals surface area contributed by atoms with Crippen LogP contribution in [0.2, 0.25) is 0 Å². The maximum Gasteiger partial charge on any atom is 0.306 e. The molecule has 0 aromatic carbocycles. The van der Waals surface area contributed by atoms with Crippen LogP contribution in [0.25, 0.3) is 0 Å². The van der Waals surface area contributed by atoms with Crippen molar-refractivity contribution in [1.82, 2.24) is 0 Å². The molecular formula is C59H100O6. The standard InChI is InChI=1S/C59H100O6/c1-4-7-10-13-16-19-22-25-27-29-31-34-37-40-43-46-49-52-58(61)64-55-56(54-63-57(60)51-48-45-42-39-36-33-24-21-18-15-12-9-6-3)65-59(62)53-50-47-44-41-38-35-32-30-28-26-23-20-17-14-11-8-5-2/h9,12,16-21,25-28,33,36,56H,4-8,10-11,13-15,22-24,29-32,34-35,37-55H2,1-3H3/b12-9-,19-16-,20-17-,21-18-,27-25-,28-26-,36-33-. The van der Waals surface area contributed by atoms with Crippen molar-refractivity contribution in [2.75, 3.05) is 13.2 Å². The first-order chi connectivity index (χ1) is 32.0. The molecule has 0 saturated carbocycles. The maximum absolute atomic E-state index is 12.8. The van der Waals surface area contributed by atoms with Crippen molar-refractivity contribution in [3.63, 3.8) is 0 Å². The van der Waals surface area contributed by atoms with E-state index in [-0.39, 0.29) is 31.1 Å².